The molecule has 0 radical (unpaired) electrons. The molecule has 4 atom stereocenters. The second-order valence-corrected chi connectivity index (χ2v) is 5.65. The quantitative estimate of drug-likeness (QED) is 0.202. The molecule has 0 N–H and O–H groups in total. The van der Waals surface area contributed by atoms with Gasteiger partial charge in [-0.2, -0.15) is 0 Å². The van der Waals surface area contributed by atoms with E-state index < -0.39 is 54.4 Å². The van der Waals surface area contributed by atoms with Crippen molar-refractivity contribution in [2.75, 3.05) is 13.2 Å². The van der Waals surface area contributed by atoms with E-state index in [1.165, 1.54) is 13.8 Å². The van der Waals surface area contributed by atoms with Crippen LogP contribution in [0.3, 0.4) is 0 Å². The fraction of sp³-hybridized carbons (Fsp3) is 0.706. The highest BCUT2D eigenvalue weighted by molar-refractivity contribution is 5.69. The third kappa shape index (κ3) is 11.1. The maximum absolute atomic E-state index is 11.6. The van der Waals surface area contributed by atoms with Crippen molar-refractivity contribution in [3.63, 3.8) is 0 Å². The molecule has 0 saturated carbocycles. The Morgan fingerprint density at radius 1 is 0.607 bits per heavy atom. The fourth-order valence-electron chi connectivity index (χ4n) is 2.13. The first-order valence-electron chi connectivity index (χ1n) is 8.37. The zero-order valence-electron chi connectivity index (χ0n) is 16.7. The van der Waals surface area contributed by atoms with Crippen molar-refractivity contribution in [3.8, 4) is 0 Å². The van der Waals surface area contributed by atoms with Gasteiger partial charge in [-0.25, -0.2) is 0 Å². The Kier molecular flexibility index (Phi) is 11.4. The van der Waals surface area contributed by atoms with Crippen LogP contribution >= 0.6 is 0 Å². The monoisotopic (exact) mass is 406 g/mol. The molecular formula is C17H26O11. The Morgan fingerprint density at radius 2 is 1.07 bits per heavy atom. The summed E-state index contributed by atoms with van der Waals surface area (Å²) in [5.41, 5.74) is 0. The fourth-order valence-corrected chi connectivity index (χ4v) is 2.13. The third-order valence-electron chi connectivity index (χ3n) is 2.96. The summed E-state index contributed by atoms with van der Waals surface area (Å²) in [5.74, 6) is -3.56. The maximum atomic E-state index is 11.6. The van der Waals surface area contributed by atoms with E-state index in [2.05, 4.69) is 0 Å². The van der Waals surface area contributed by atoms with Crippen LogP contribution in [0.15, 0.2) is 0 Å². The SMILES string of the molecule is CC(=O)OCCO[C@H](OC(C)=O)[C@H](OC(C)=O)[C@@H](OC(C)=O)[C@H](C)OC(C)=O. The Morgan fingerprint density at radius 3 is 1.50 bits per heavy atom. The van der Waals surface area contributed by atoms with Crippen molar-refractivity contribution in [1.82, 2.24) is 0 Å². The van der Waals surface area contributed by atoms with Crippen molar-refractivity contribution < 1.29 is 52.4 Å². The molecule has 0 amide bonds. The van der Waals surface area contributed by atoms with Gasteiger partial charge in [0.2, 0.25) is 12.4 Å². The second kappa shape index (κ2) is 12.7. The molecule has 0 heterocycles. The Balaban J connectivity index is 5.66. The summed E-state index contributed by atoms with van der Waals surface area (Å²) in [5, 5.41) is 0. The van der Waals surface area contributed by atoms with Crippen molar-refractivity contribution in [3.05, 3.63) is 0 Å². The minimum absolute atomic E-state index is 0.169. The molecule has 11 heteroatoms. The molecule has 0 aromatic carbocycles. The van der Waals surface area contributed by atoms with Crippen LogP contribution in [-0.4, -0.2) is 67.7 Å². The average molecular weight is 406 g/mol. The third-order valence-corrected chi connectivity index (χ3v) is 2.96. The van der Waals surface area contributed by atoms with Gasteiger partial charge in [0.05, 0.1) is 6.61 Å². The molecule has 28 heavy (non-hydrogen) atoms. The number of hydrogen-bond acceptors (Lipinski definition) is 11. The van der Waals surface area contributed by atoms with E-state index in [1.54, 1.807) is 0 Å². The lowest BCUT2D eigenvalue weighted by Gasteiger charge is -2.34. The molecule has 0 spiro atoms. The van der Waals surface area contributed by atoms with E-state index in [0.29, 0.717) is 0 Å². The van der Waals surface area contributed by atoms with Gasteiger partial charge in [0.15, 0.2) is 6.10 Å². The lowest BCUT2D eigenvalue weighted by atomic mass is 10.1. The van der Waals surface area contributed by atoms with Gasteiger partial charge in [0.25, 0.3) is 0 Å². The van der Waals surface area contributed by atoms with E-state index in [1.807, 2.05) is 0 Å². The van der Waals surface area contributed by atoms with E-state index in [-0.39, 0.29) is 13.2 Å². The molecule has 11 nitrogen and oxygen atoms in total. The molecule has 0 aliphatic heterocycles. The van der Waals surface area contributed by atoms with Gasteiger partial charge in [-0.05, 0) is 6.92 Å². The molecule has 0 aromatic heterocycles. The van der Waals surface area contributed by atoms with E-state index in [9.17, 15) is 24.0 Å². The van der Waals surface area contributed by atoms with Crippen LogP contribution < -0.4 is 0 Å². The molecule has 0 unspecified atom stereocenters. The maximum Gasteiger partial charge on any atom is 0.305 e. The topological polar surface area (TPSA) is 141 Å². The van der Waals surface area contributed by atoms with Crippen LogP contribution in [-0.2, 0) is 52.4 Å². The standard InChI is InChI=1S/C17H26O11/c1-9(25-11(3)19)15(26-12(4)20)16(27-13(5)21)17(28-14(6)22)24-8-7-23-10(2)18/h9,15-17H,7-8H2,1-6H3/t9-,15-,16+,17+/m0/s1. The van der Waals surface area contributed by atoms with Crippen molar-refractivity contribution >= 4 is 29.8 Å². The van der Waals surface area contributed by atoms with Gasteiger partial charge in [-0.3, -0.25) is 24.0 Å². The highest BCUT2D eigenvalue weighted by Gasteiger charge is 2.42. The van der Waals surface area contributed by atoms with E-state index in [4.69, 9.17) is 28.4 Å². The molecule has 0 aromatic rings. The summed E-state index contributed by atoms with van der Waals surface area (Å²) < 4.78 is 30.4. The lowest BCUT2D eigenvalue weighted by molar-refractivity contribution is -0.239. The van der Waals surface area contributed by atoms with E-state index >= 15 is 0 Å². The first-order valence-corrected chi connectivity index (χ1v) is 8.37. The summed E-state index contributed by atoms with van der Waals surface area (Å²) in [6.45, 7) is 6.61. The molecule has 0 saturated heterocycles. The second-order valence-electron chi connectivity index (χ2n) is 5.65. The molecule has 0 aliphatic rings. The molecule has 0 aliphatic carbocycles. The Labute approximate surface area is 162 Å². The number of ether oxygens (including phenoxy) is 6. The van der Waals surface area contributed by atoms with E-state index in [0.717, 1.165) is 27.7 Å². The predicted octanol–water partition coefficient (Wildman–Crippen LogP) is 0.270. The minimum atomic E-state index is -1.53. The van der Waals surface area contributed by atoms with Gasteiger partial charge in [-0.1, -0.05) is 0 Å². The van der Waals surface area contributed by atoms with Gasteiger partial charge >= 0.3 is 29.8 Å². The average Bonchev–Trinajstić information content (AvgIpc) is 2.51. The number of esters is 5. The lowest BCUT2D eigenvalue weighted by Crippen LogP contribution is -2.51. The number of carbonyl (C=O) groups excluding carboxylic acids is 5. The number of carbonyl (C=O) groups is 5. The van der Waals surface area contributed by atoms with Crippen LogP contribution in [0.1, 0.15) is 41.5 Å². The number of rotatable bonds is 11. The Bertz CT molecular complexity index is 571. The molecule has 0 bridgehead atoms. The normalized spacial score (nSPS) is 14.6. The summed E-state index contributed by atoms with van der Waals surface area (Å²) in [6.07, 6.45) is -5.40. The first-order chi connectivity index (χ1) is 12.9. The summed E-state index contributed by atoms with van der Waals surface area (Å²) >= 11 is 0. The summed E-state index contributed by atoms with van der Waals surface area (Å²) in [6, 6.07) is 0. The smallest absolute Gasteiger partial charge is 0.305 e. The molecule has 0 rings (SSSR count). The number of hydrogen-bond donors (Lipinski definition) is 0. The highest BCUT2D eigenvalue weighted by atomic mass is 16.7. The summed E-state index contributed by atoms with van der Waals surface area (Å²) in [4.78, 5) is 56.6. The summed E-state index contributed by atoms with van der Waals surface area (Å²) in [7, 11) is 0. The van der Waals surface area contributed by atoms with Gasteiger partial charge in [0.1, 0.15) is 12.7 Å². The van der Waals surface area contributed by atoms with Crippen LogP contribution in [0, 0.1) is 0 Å². The minimum Gasteiger partial charge on any atom is -0.463 e. The first kappa shape index (κ1) is 25.3. The zero-order valence-corrected chi connectivity index (χ0v) is 16.7. The van der Waals surface area contributed by atoms with Gasteiger partial charge in [0, 0.05) is 34.6 Å². The van der Waals surface area contributed by atoms with Crippen molar-refractivity contribution in [2.45, 2.75) is 66.1 Å². The van der Waals surface area contributed by atoms with Gasteiger partial charge < -0.3 is 28.4 Å². The molecule has 160 valence electrons. The Hall–Kier alpha value is -2.69. The molecule has 0 fully saturated rings. The zero-order chi connectivity index (χ0) is 21.9. The highest BCUT2D eigenvalue weighted by Crippen LogP contribution is 2.20. The van der Waals surface area contributed by atoms with Crippen LogP contribution in [0.4, 0.5) is 0 Å². The van der Waals surface area contributed by atoms with Crippen molar-refractivity contribution in [2.24, 2.45) is 0 Å². The van der Waals surface area contributed by atoms with Crippen LogP contribution in [0.5, 0.6) is 0 Å². The van der Waals surface area contributed by atoms with Crippen LogP contribution in [0.2, 0.25) is 0 Å². The predicted molar refractivity (Wildman–Crippen MR) is 90.5 cm³/mol. The van der Waals surface area contributed by atoms with Crippen LogP contribution in [0.25, 0.3) is 0 Å². The van der Waals surface area contributed by atoms with Crippen molar-refractivity contribution in [1.29, 1.82) is 0 Å². The molecular weight excluding hydrogens is 380 g/mol. The van der Waals surface area contributed by atoms with Gasteiger partial charge in [-0.15, -0.1) is 0 Å². The largest absolute Gasteiger partial charge is 0.463 e.